The first kappa shape index (κ1) is 23.4. The predicted molar refractivity (Wildman–Crippen MR) is 131 cm³/mol. The highest BCUT2D eigenvalue weighted by molar-refractivity contribution is 5.72. The van der Waals surface area contributed by atoms with Crippen molar-refractivity contribution in [1.82, 2.24) is 30.1 Å². The summed E-state index contributed by atoms with van der Waals surface area (Å²) in [5.74, 6) is 0.709. The summed E-state index contributed by atoms with van der Waals surface area (Å²) in [5.41, 5.74) is 4.60. The fourth-order valence-electron chi connectivity index (χ4n) is 4.34. The van der Waals surface area contributed by atoms with E-state index in [4.69, 9.17) is 9.47 Å². The molecule has 11 heteroatoms. The molecule has 0 unspecified atom stereocenters. The molecular formula is C25H25N7O4. The van der Waals surface area contributed by atoms with E-state index in [9.17, 15) is 10.1 Å². The predicted octanol–water partition coefficient (Wildman–Crippen LogP) is 3.25. The largest absolute Gasteiger partial charge is 0.493 e. The summed E-state index contributed by atoms with van der Waals surface area (Å²) in [6, 6.07) is 12.8. The van der Waals surface area contributed by atoms with Gasteiger partial charge in [0.05, 0.1) is 30.9 Å². The lowest BCUT2D eigenvalue weighted by molar-refractivity contribution is -0.384. The molecule has 1 aliphatic heterocycles. The molecule has 184 valence electrons. The van der Waals surface area contributed by atoms with E-state index < -0.39 is 4.92 Å². The molecule has 0 aliphatic carbocycles. The average Bonchev–Trinajstić information content (AvgIpc) is 3.41. The van der Waals surface area contributed by atoms with Crippen LogP contribution in [0.15, 0.2) is 54.9 Å². The van der Waals surface area contributed by atoms with Crippen molar-refractivity contribution in [3.8, 4) is 28.6 Å². The van der Waals surface area contributed by atoms with Gasteiger partial charge in [0.25, 0.3) is 5.69 Å². The lowest BCUT2D eigenvalue weighted by atomic mass is 10.0. The Hall–Kier alpha value is -4.38. The molecule has 0 radical (unpaired) electrons. The number of nitro groups is 1. The van der Waals surface area contributed by atoms with E-state index in [1.807, 2.05) is 36.7 Å². The Morgan fingerprint density at radius 3 is 2.58 bits per heavy atom. The van der Waals surface area contributed by atoms with Gasteiger partial charge in [-0.2, -0.15) is 0 Å². The zero-order chi connectivity index (χ0) is 25.1. The van der Waals surface area contributed by atoms with E-state index in [-0.39, 0.29) is 22.8 Å². The minimum absolute atomic E-state index is 0.117. The Balaban J connectivity index is 1.29. The Morgan fingerprint density at radius 1 is 1.06 bits per heavy atom. The van der Waals surface area contributed by atoms with Crippen LogP contribution in [0.5, 0.6) is 11.5 Å². The second-order valence-electron chi connectivity index (χ2n) is 8.47. The third-order valence-electron chi connectivity index (χ3n) is 6.33. The Kier molecular flexibility index (Phi) is 6.54. The zero-order valence-corrected chi connectivity index (χ0v) is 20.0. The van der Waals surface area contributed by atoms with Gasteiger partial charge in [-0.15, -0.1) is 15.0 Å². The molecule has 0 N–H and O–H groups in total. The second-order valence-corrected chi connectivity index (χ2v) is 8.47. The zero-order valence-electron chi connectivity index (χ0n) is 20.0. The molecule has 5 rings (SSSR count). The third-order valence-corrected chi connectivity index (χ3v) is 6.33. The Morgan fingerprint density at radius 2 is 1.83 bits per heavy atom. The van der Waals surface area contributed by atoms with Gasteiger partial charge in [-0.1, -0.05) is 12.1 Å². The molecular weight excluding hydrogens is 462 g/mol. The fourth-order valence-corrected chi connectivity index (χ4v) is 4.34. The summed E-state index contributed by atoms with van der Waals surface area (Å²) in [4.78, 5) is 19.2. The van der Waals surface area contributed by atoms with Crippen LogP contribution in [-0.2, 0) is 19.4 Å². The first-order chi connectivity index (χ1) is 17.6. The van der Waals surface area contributed by atoms with Crippen LogP contribution in [0.4, 0.5) is 5.69 Å². The van der Waals surface area contributed by atoms with Gasteiger partial charge in [0.15, 0.2) is 11.5 Å². The number of hydrogen-bond donors (Lipinski definition) is 0. The molecule has 0 saturated carbocycles. The van der Waals surface area contributed by atoms with Crippen molar-refractivity contribution < 1.29 is 14.4 Å². The fraction of sp³-hybridized carbons (Fsp3) is 0.280. The van der Waals surface area contributed by atoms with E-state index in [2.05, 4.69) is 31.4 Å². The van der Waals surface area contributed by atoms with Crippen molar-refractivity contribution in [2.24, 2.45) is 0 Å². The van der Waals surface area contributed by atoms with E-state index in [1.165, 1.54) is 47.8 Å². The minimum atomic E-state index is -0.510. The van der Waals surface area contributed by atoms with Crippen LogP contribution >= 0.6 is 0 Å². The summed E-state index contributed by atoms with van der Waals surface area (Å²) in [5, 5.41) is 24.2. The maximum Gasteiger partial charge on any atom is 0.284 e. The van der Waals surface area contributed by atoms with Crippen molar-refractivity contribution in [3.63, 3.8) is 0 Å². The van der Waals surface area contributed by atoms with Gasteiger partial charge in [0.1, 0.15) is 5.56 Å². The molecule has 3 heterocycles. The van der Waals surface area contributed by atoms with Gasteiger partial charge < -0.3 is 9.47 Å². The highest BCUT2D eigenvalue weighted by Gasteiger charge is 2.24. The van der Waals surface area contributed by atoms with Crippen LogP contribution in [0.2, 0.25) is 0 Å². The number of aromatic nitrogens is 5. The van der Waals surface area contributed by atoms with Crippen molar-refractivity contribution in [2.45, 2.75) is 19.4 Å². The molecule has 2 aromatic heterocycles. The van der Waals surface area contributed by atoms with E-state index in [1.54, 1.807) is 0 Å². The maximum absolute atomic E-state index is 11.6. The molecule has 0 fully saturated rings. The highest BCUT2D eigenvalue weighted by atomic mass is 16.6. The summed E-state index contributed by atoms with van der Waals surface area (Å²) < 4.78 is 10.5. The first-order valence-corrected chi connectivity index (χ1v) is 11.5. The van der Waals surface area contributed by atoms with Crippen LogP contribution in [0.25, 0.3) is 17.1 Å². The molecule has 36 heavy (non-hydrogen) atoms. The topological polar surface area (TPSA) is 121 Å². The van der Waals surface area contributed by atoms with Crippen molar-refractivity contribution in [2.75, 3.05) is 27.3 Å². The smallest absolute Gasteiger partial charge is 0.284 e. The molecule has 0 amide bonds. The standard InChI is InChI=1S/C25H25N7O4/c1-35-23-13-21(22(32(33)34)14-24(23)36-2)25-27-29-31(28-25)20-5-3-17(4-6-20)8-11-30-12-9-18-7-10-26-15-19(18)16-30/h3-7,10,13-15H,8-9,11-12,16H2,1-2H3. The van der Waals surface area contributed by atoms with Gasteiger partial charge in [-0.05, 0) is 52.9 Å². The lowest BCUT2D eigenvalue weighted by Gasteiger charge is -2.28. The van der Waals surface area contributed by atoms with Crippen molar-refractivity contribution in [1.29, 1.82) is 0 Å². The van der Waals surface area contributed by atoms with Crippen LogP contribution in [-0.4, -0.2) is 62.3 Å². The number of nitro benzene ring substituents is 1. The quantitative estimate of drug-likeness (QED) is 0.272. The van der Waals surface area contributed by atoms with E-state index >= 15 is 0 Å². The number of fused-ring (bicyclic) bond motifs is 1. The van der Waals surface area contributed by atoms with Gasteiger partial charge in [0.2, 0.25) is 5.82 Å². The number of benzene rings is 2. The van der Waals surface area contributed by atoms with Crippen LogP contribution in [0, 0.1) is 10.1 Å². The van der Waals surface area contributed by atoms with Gasteiger partial charge in [-0.25, -0.2) is 0 Å². The first-order valence-electron chi connectivity index (χ1n) is 11.5. The van der Waals surface area contributed by atoms with Gasteiger partial charge >= 0.3 is 0 Å². The van der Waals surface area contributed by atoms with Gasteiger partial charge in [0, 0.05) is 38.1 Å². The van der Waals surface area contributed by atoms with E-state index in [0.29, 0.717) is 11.4 Å². The molecule has 1 aliphatic rings. The monoisotopic (exact) mass is 487 g/mol. The SMILES string of the molecule is COc1cc(-c2nnn(-c3ccc(CCN4CCc5ccncc5C4)cc3)n2)c([N+](=O)[O-])cc1OC. The highest BCUT2D eigenvalue weighted by Crippen LogP contribution is 2.38. The summed E-state index contributed by atoms with van der Waals surface area (Å²) in [6.45, 7) is 2.93. The van der Waals surface area contributed by atoms with Crippen molar-refractivity contribution in [3.05, 3.63) is 81.7 Å². The molecule has 0 bridgehead atoms. The number of hydrogen-bond acceptors (Lipinski definition) is 9. The van der Waals surface area contributed by atoms with Crippen LogP contribution in [0.3, 0.4) is 0 Å². The maximum atomic E-state index is 11.6. The molecule has 11 nitrogen and oxygen atoms in total. The molecule has 4 aromatic rings. The normalized spacial score (nSPS) is 13.3. The Labute approximate surface area is 207 Å². The minimum Gasteiger partial charge on any atom is -0.493 e. The van der Waals surface area contributed by atoms with Crippen LogP contribution in [0.1, 0.15) is 16.7 Å². The molecule has 0 saturated heterocycles. The van der Waals surface area contributed by atoms with Crippen molar-refractivity contribution >= 4 is 5.69 Å². The average molecular weight is 488 g/mol. The number of pyridine rings is 1. The molecule has 2 aromatic carbocycles. The summed E-state index contributed by atoms with van der Waals surface area (Å²) in [6.07, 6.45) is 5.80. The summed E-state index contributed by atoms with van der Waals surface area (Å²) in [7, 11) is 2.88. The molecule has 0 atom stereocenters. The lowest BCUT2D eigenvalue weighted by Crippen LogP contribution is -2.32. The third kappa shape index (κ3) is 4.73. The number of tetrazole rings is 1. The Bertz CT molecular complexity index is 1390. The number of rotatable bonds is 8. The summed E-state index contributed by atoms with van der Waals surface area (Å²) >= 11 is 0. The second kappa shape index (κ2) is 10.1. The van der Waals surface area contributed by atoms with Gasteiger partial charge in [-0.3, -0.25) is 20.0 Å². The number of ether oxygens (including phenoxy) is 2. The number of nitrogens with zero attached hydrogens (tertiary/aromatic N) is 7. The molecule has 0 spiro atoms. The number of methoxy groups -OCH3 is 2. The van der Waals surface area contributed by atoms with E-state index in [0.717, 1.165) is 32.5 Å². The van der Waals surface area contributed by atoms with Crippen LogP contribution < -0.4 is 9.47 Å².